The molecule has 0 radical (unpaired) electrons. The second-order valence-electron chi connectivity index (χ2n) is 4.66. The van der Waals surface area contributed by atoms with Gasteiger partial charge in [0.1, 0.15) is 0 Å². The molecule has 1 amide bonds. The van der Waals surface area contributed by atoms with E-state index < -0.39 is 0 Å². The maximum Gasteiger partial charge on any atom is 0.230 e. The molecule has 20 heavy (non-hydrogen) atoms. The van der Waals surface area contributed by atoms with Crippen LogP contribution in [0.25, 0.3) is 10.7 Å². The molecule has 1 N–H and O–H groups in total. The molecule has 1 aliphatic carbocycles. The Labute approximate surface area is 125 Å². The van der Waals surface area contributed by atoms with Gasteiger partial charge in [-0.05, 0) is 31.2 Å². The molecule has 5 nitrogen and oxygen atoms in total. The molecule has 3 rings (SSSR count). The first kappa shape index (κ1) is 13.6. The van der Waals surface area contributed by atoms with Crippen molar-refractivity contribution in [1.82, 2.24) is 20.1 Å². The molecule has 1 saturated carbocycles. The molecule has 106 valence electrons. The van der Waals surface area contributed by atoms with Gasteiger partial charge in [0.2, 0.25) is 5.91 Å². The van der Waals surface area contributed by atoms with E-state index in [1.165, 1.54) is 11.8 Å². The fraction of sp³-hybridized carbons (Fsp3) is 0.462. The lowest BCUT2D eigenvalue weighted by atomic mass is 10.4. The number of hydrogen-bond donors (Lipinski definition) is 1. The van der Waals surface area contributed by atoms with Crippen LogP contribution in [0.2, 0.25) is 0 Å². The van der Waals surface area contributed by atoms with Crippen LogP contribution in [-0.2, 0) is 11.3 Å². The summed E-state index contributed by atoms with van der Waals surface area (Å²) in [5.74, 6) is 1.37. The number of hydrogen-bond acceptors (Lipinski definition) is 5. The molecule has 0 saturated heterocycles. The van der Waals surface area contributed by atoms with Gasteiger partial charge in [-0.25, -0.2) is 0 Å². The highest BCUT2D eigenvalue weighted by atomic mass is 32.2. The maximum absolute atomic E-state index is 11.7. The van der Waals surface area contributed by atoms with Crippen LogP contribution in [0.15, 0.2) is 22.7 Å². The summed E-state index contributed by atoms with van der Waals surface area (Å²) in [4.78, 5) is 12.8. The van der Waals surface area contributed by atoms with E-state index in [0.29, 0.717) is 11.8 Å². The number of amides is 1. The zero-order valence-corrected chi connectivity index (χ0v) is 12.8. The van der Waals surface area contributed by atoms with Crippen molar-refractivity contribution in [3.63, 3.8) is 0 Å². The lowest BCUT2D eigenvalue weighted by molar-refractivity contribution is -0.118. The summed E-state index contributed by atoms with van der Waals surface area (Å²) >= 11 is 3.10. The van der Waals surface area contributed by atoms with E-state index in [2.05, 4.69) is 27.0 Å². The predicted octanol–water partition coefficient (Wildman–Crippen LogP) is 2.40. The third kappa shape index (κ3) is 3.04. The Morgan fingerprint density at radius 2 is 2.40 bits per heavy atom. The lowest BCUT2D eigenvalue weighted by Gasteiger charge is -2.06. The third-order valence-electron chi connectivity index (χ3n) is 3.05. The first-order valence-electron chi connectivity index (χ1n) is 6.67. The highest BCUT2D eigenvalue weighted by molar-refractivity contribution is 7.99. The highest BCUT2D eigenvalue weighted by Gasteiger charge is 2.23. The average Bonchev–Trinajstić information content (AvgIpc) is 2.96. The van der Waals surface area contributed by atoms with E-state index in [-0.39, 0.29) is 5.91 Å². The molecule has 7 heteroatoms. The van der Waals surface area contributed by atoms with Gasteiger partial charge >= 0.3 is 0 Å². The van der Waals surface area contributed by atoms with Gasteiger partial charge < -0.3 is 9.88 Å². The van der Waals surface area contributed by atoms with Gasteiger partial charge in [0.25, 0.3) is 0 Å². The zero-order valence-electron chi connectivity index (χ0n) is 11.2. The van der Waals surface area contributed by atoms with Gasteiger partial charge in [0.15, 0.2) is 11.0 Å². The molecule has 0 atom stereocenters. The fourth-order valence-electron chi connectivity index (χ4n) is 1.90. The Bertz CT molecular complexity index is 590. The fourth-order valence-corrected chi connectivity index (χ4v) is 3.43. The van der Waals surface area contributed by atoms with Crippen molar-refractivity contribution < 1.29 is 4.79 Å². The summed E-state index contributed by atoms with van der Waals surface area (Å²) < 4.78 is 2.06. The topological polar surface area (TPSA) is 59.8 Å². The highest BCUT2D eigenvalue weighted by Crippen LogP contribution is 2.27. The summed E-state index contributed by atoms with van der Waals surface area (Å²) in [5, 5.41) is 14.3. The van der Waals surface area contributed by atoms with E-state index in [1.807, 2.05) is 17.5 Å². The SMILES string of the molecule is CCn1c(SCC(=O)NC2CC2)nnc1-c1cccs1. The Hall–Kier alpha value is -1.34. The second kappa shape index (κ2) is 5.97. The summed E-state index contributed by atoms with van der Waals surface area (Å²) in [6, 6.07) is 4.45. The van der Waals surface area contributed by atoms with Crippen LogP contribution >= 0.6 is 23.1 Å². The van der Waals surface area contributed by atoms with E-state index in [0.717, 1.165) is 35.2 Å². The molecule has 2 aromatic rings. The average molecular weight is 308 g/mol. The largest absolute Gasteiger partial charge is 0.353 e. The molecular weight excluding hydrogens is 292 g/mol. The van der Waals surface area contributed by atoms with Gasteiger partial charge in [0.05, 0.1) is 10.6 Å². The lowest BCUT2D eigenvalue weighted by Crippen LogP contribution is -2.27. The molecule has 2 heterocycles. The van der Waals surface area contributed by atoms with Crippen LogP contribution in [0.3, 0.4) is 0 Å². The Balaban J connectivity index is 1.68. The Morgan fingerprint density at radius 3 is 3.05 bits per heavy atom. The predicted molar refractivity (Wildman–Crippen MR) is 80.9 cm³/mol. The van der Waals surface area contributed by atoms with Gasteiger partial charge in [0, 0.05) is 12.6 Å². The standard InChI is InChI=1S/C13H16N4OS2/c1-2-17-12(10-4-3-7-19-10)15-16-13(17)20-8-11(18)14-9-5-6-9/h3-4,7,9H,2,5-6,8H2,1H3,(H,14,18). The van der Waals surface area contributed by atoms with Crippen molar-refractivity contribution in [1.29, 1.82) is 0 Å². The second-order valence-corrected chi connectivity index (χ2v) is 6.55. The van der Waals surface area contributed by atoms with Crippen LogP contribution in [0, 0.1) is 0 Å². The summed E-state index contributed by atoms with van der Waals surface area (Å²) in [5.41, 5.74) is 0. The first-order valence-corrected chi connectivity index (χ1v) is 8.53. The molecule has 0 unspecified atom stereocenters. The minimum atomic E-state index is 0.0841. The number of carbonyl (C=O) groups excluding carboxylic acids is 1. The summed E-state index contributed by atoms with van der Waals surface area (Å²) in [7, 11) is 0. The maximum atomic E-state index is 11.7. The Kier molecular flexibility index (Phi) is 4.07. The molecule has 1 aliphatic rings. The molecule has 0 aromatic carbocycles. The smallest absolute Gasteiger partial charge is 0.230 e. The number of nitrogens with one attached hydrogen (secondary N) is 1. The number of aromatic nitrogens is 3. The molecule has 1 fully saturated rings. The van der Waals surface area contributed by atoms with Crippen LogP contribution in [0.4, 0.5) is 0 Å². The first-order chi connectivity index (χ1) is 9.78. The number of carbonyl (C=O) groups is 1. The van der Waals surface area contributed by atoms with Crippen LogP contribution in [0.5, 0.6) is 0 Å². The molecular formula is C13H16N4OS2. The van der Waals surface area contributed by atoms with Crippen molar-refractivity contribution in [2.24, 2.45) is 0 Å². The van der Waals surface area contributed by atoms with Crippen molar-refractivity contribution >= 4 is 29.0 Å². The molecule has 0 aliphatic heterocycles. The quantitative estimate of drug-likeness (QED) is 0.833. The number of nitrogens with zero attached hydrogens (tertiary/aromatic N) is 3. The van der Waals surface area contributed by atoms with Crippen LogP contribution in [0.1, 0.15) is 19.8 Å². The van der Waals surface area contributed by atoms with E-state index in [4.69, 9.17) is 0 Å². The minimum absolute atomic E-state index is 0.0841. The normalized spacial score (nSPS) is 14.4. The molecule has 2 aromatic heterocycles. The Morgan fingerprint density at radius 1 is 1.55 bits per heavy atom. The monoisotopic (exact) mass is 308 g/mol. The van der Waals surface area contributed by atoms with Crippen molar-refractivity contribution in [3.8, 4) is 10.7 Å². The molecule has 0 spiro atoms. The van der Waals surface area contributed by atoms with Gasteiger partial charge in [-0.15, -0.1) is 21.5 Å². The summed E-state index contributed by atoms with van der Waals surface area (Å²) in [6.45, 7) is 2.86. The van der Waals surface area contributed by atoms with Crippen molar-refractivity contribution in [3.05, 3.63) is 17.5 Å². The summed E-state index contributed by atoms with van der Waals surface area (Å²) in [6.07, 6.45) is 2.23. The van der Waals surface area contributed by atoms with E-state index >= 15 is 0 Å². The zero-order chi connectivity index (χ0) is 13.9. The van der Waals surface area contributed by atoms with Crippen LogP contribution < -0.4 is 5.32 Å². The van der Waals surface area contributed by atoms with Crippen molar-refractivity contribution in [2.45, 2.75) is 37.5 Å². The van der Waals surface area contributed by atoms with E-state index in [1.54, 1.807) is 11.3 Å². The third-order valence-corrected chi connectivity index (χ3v) is 4.88. The number of rotatable bonds is 6. The number of thioether (sulfide) groups is 1. The van der Waals surface area contributed by atoms with Gasteiger partial charge in [-0.3, -0.25) is 4.79 Å². The van der Waals surface area contributed by atoms with Crippen molar-refractivity contribution in [2.75, 3.05) is 5.75 Å². The van der Waals surface area contributed by atoms with Gasteiger partial charge in [-0.2, -0.15) is 0 Å². The van der Waals surface area contributed by atoms with Gasteiger partial charge in [-0.1, -0.05) is 17.8 Å². The van der Waals surface area contributed by atoms with E-state index in [9.17, 15) is 4.79 Å². The molecule has 0 bridgehead atoms. The van der Waals surface area contributed by atoms with Crippen LogP contribution in [-0.4, -0.2) is 32.5 Å². The number of thiophene rings is 1. The minimum Gasteiger partial charge on any atom is -0.353 e.